The van der Waals surface area contributed by atoms with E-state index < -0.39 is 17.5 Å². The van der Waals surface area contributed by atoms with Crippen LogP contribution in [0, 0.1) is 17.5 Å². The van der Waals surface area contributed by atoms with E-state index in [4.69, 9.17) is 11.6 Å². The zero-order valence-corrected chi connectivity index (χ0v) is 8.47. The van der Waals surface area contributed by atoms with E-state index in [-0.39, 0.29) is 16.3 Å². The molecule has 0 aliphatic heterocycles. The summed E-state index contributed by atoms with van der Waals surface area (Å²) in [6.45, 7) is 0. The molecular weight excluding hydrogens is 241 g/mol. The molecule has 0 aliphatic carbocycles. The summed E-state index contributed by atoms with van der Waals surface area (Å²) in [5.74, 6) is -4.09. The molecule has 1 aromatic carbocycles. The number of hydrogen-bond acceptors (Lipinski definition) is 2. The minimum Gasteiger partial charge on any atom is -0.243 e. The predicted octanol–water partition coefficient (Wildman–Crippen LogP) is 3.21. The third-order valence-electron chi connectivity index (χ3n) is 1.92. The maximum absolute atomic E-state index is 13.0. The van der Waals surface area contributed by atoms with Crippen LogP contribution < -0.4 is 0 Å². The van der Waals surface area contributed by atoms with Gasteiger partial charge in [0.05, 0.1) is 10.7 Å². The van der Waals surface area contributed by atoms with Crippen LogP contribution in [0.25, 0.3) is 11.3 Å². The summed E-state index contributed by atoms with van der Waals surface area (Å²) >= 11 is 5.74. The fourth-order valence-corrected chi connectivity index (χ4v) is 1.43. The Morgan fingerprint density at radius 1 is 1.06 bits per heavy atom. The Labute approximate surface area is 93.7 Å². The Balaban J connectivity index is 2.62. The third-order valence-corrected chi connectivity index (χ3v) is 2.20. The van der Waals surface area contributed by atoms with Crippen molar-refractivity contribution in [2.75, 3.05) is 0 Å². The molecule has 2 nitrogen and oxygen atoms in total. The lowest BCUT2D eigenvalue weighted by atomic mass is 10.1. The van der Waals surface area contributed by atoms with Crippen molar-refractivity contribution < 1.29 is 13.2 Å². The predicted molar refractivity (Wildman–Crippen MR) is 52.4 cm³/mol. The molecule has 0 fully saturated rings. The van der Waals surface area contributed by atoms with Crippen molar-refractivity contribution >= 4 is 11.6 Å². The molecule has 0 saturated carbocycles. The van der Waals surface area contributed by atoms with Crippen LogP contribution in [0.2, 0.25) is 5.02 Å². The van der Waals surface area contributed by atoms with Crippen molar-refractivity contribution in [3.05, 3.63) is 47.1 Å². The van der Waals surface area contributed by atoms with Gasteiger partial charge in [-0.3, -0.25) is 0 Å². The standard InChI is InChI=1S/C10H4ClF3N2/c11-6-3-15-4-16-10(6)5-1-7(12)9(14)8(13)2-5/h1-4H. The van der Waals surface area contributed by atoms with E-state index in [0.29, 0.717) is 0 Å². The molecule has 0 bridgehead atoms. The molecule has 0 spiro atoms. The fraction of sp³-hybridized carbons (Fsp3) is 0. The van der Waals surface area contributed by atoms with Gasteiger partial charge in [0.2, 0.25) is 0 Å². The molecule has 0 atom stereocenters. The lowest BCUT2D eigenvalue weighted by Gasteiger charge is -2.03. The van der Waals surface area contributed by atoms with Crippen molar-refractivity contribution in [1.29, 1.82) is 0 Å². The molecule has 1 aromatic heterocycles. The van der Waals surface area contributed by atoms with Gasteiger partial charge in [0.1, 0.15) is 6.33 Å². The van der Waals surface area contributed by atoms with Gasteiger partial charge in [-0.15, -0.1) is 0 Å². The van der Waals surface area contributed by atoms with Crippen LogP contribution in [0.3, 0.4) is 0 Å². The minimum absolute atomic E-state index is 0.0591. The van der Waals surface area contributed by atoms with Crippen LogP contribution >= 0.6 is 11.6 Å². The quantitative estimate of drug-likeness (QED) is 0.720. The number of aromatic nitrogens is 2. The molecule has 0 amide bonds. The number of rotatable bonds is 1. The van der Waals surface area contributed by atoms with Crippen LogP contribution in [0.15, 0.2) is 24.7 Å². The summed E-state index contributed by atoms with van der Waals surface area (Å²) in [5, 5.41) is 0.132. The third kappa shape index (κ3) is 1.86. The van der Waals surface area contributed by atoms with Crippen molar-refractivity contribution in [3.63, 3.8) is 0 Å². The molecule has 82 valence electrons. The zero-order chi connectivity index (χ0) is 11.7. The highest BCUT2D eigenvalue weighted by Gasteiger charge is 2.13. The Morgan fingerprint density at radius 3 is 2.25 bits per heavy atom. The normalized spacial score (nSPS) is 10.5. The first-order valence-corrected chi connectivity index (χ1v) is 4.58. The van der Waals surface area contributed by atoms with Gasteiger partial charge in [-0.2, -0.15) is 0 Å². The van der Waals surface area contributed by atoms with E-state index in [0.717, 1.165) is 12.1 Å². The summed E-state index contributed by atoms with van der Waals surface area (Å²) in [4.78, 5) is 7.39. The lowest BCUT2D eigenvalue weighted by molar-refractivity contribution is 0.447. The second-order valence-electron chi connectivity index (χ2n) is 2.97. The fourth-order valence-electron chi connectivity index (χ4n) is 1.22. The molecule has 0 saturated heterocycles. The van der Waals surface area contributed by atoms with Crippen molar-refractivity contribution in [2.24, 2.45) is 0 Å². The van der Waals surface area contributed by atoms with Gasteiger partial charge >= 0.3 is 0 Å². The van der Waals surface area contributed by atoms with Gasteiger partial charge in [0.25, 0.3) is 0 Å². The average molecular weight is 245 g/mol. The monoisotopic (exact) mass is 244 g/mol. The lowest BCUT2D eigenvalue weighted by Crippen LogP contribution is -1.94. The van der Waals surface area contributed by atoms with Gasteiger partial charge in [-0.25, -0.2) is 23.1 Å². The smallest absolute Gasteiger partial charge is 0.194 e. The van der Waals surface area contributed by atoms with Crippen molar-refractivity contribution in [1.82, 2.24) is 9.97 Å². The Morgan fingerprint density at radius 2 is 1.69 bits per heavy atom. The van der Waals surface area contributed by atoms with Gasteiger partial charge in [0, 0.05) is 11.8 Å². The molecular formula is C10H4ClF3N2. The Hall–Kier alpha value is -1.62. The molecule has 0 radical (unpaired) electrons. The first kappa shape index (κ1) is 10.9. The summed E-state index contributed by atoms with van der Waals surface area (Å²) in [7, 11) is 0. The highest BCUT2D eigenvalue weighted by molar-refractivity contribution is 6.32. The van der Waals surface area contributed by atoms with Crippen LogP contribution in [0.5, 0.6) is 0 Å². The Kier molecular flexibility index (Phi) is 2.78. The van der Waals surface area contributed by atoms with E-state index in [1.54, 1.807) is 0 Å². The minimum atomic E-state index is -1.52. The van der Waals surface area contributed by atoms with E-state index in [1.165, 1.54) is 12.5 Å². The van der Waals surface area contributed by atoms with Crippen molar-refractivity contribution in [3.8, 4) is 11.3 Å². The molecule has 0 unspecified atom stereocenters. The van der Waals surface area contributed by atoms with E-state index in [2.05, 4.69) is 9.97 Å². The Bertz CT molecular complexity index is 522. The van der Waals surface area contributed by atoms with E-state index in [9.17, 15) is 13.2 Å². The first-order valence-electron chi connectivity index (χ1n) is 4.20. The van der Waals surface area contributed by atoms with Gasteiger partial charge in [-0.05, 0) is 12.1 Å². The number of hydrogen-bond donors (Lipinski definition) is 0. The van der Waals surface area contributed by atoms with Gasteiger partial charge in [-0.1, -0.05) is 11.6 Å². The second kappa shape index (κ2) is 4.09. The van der Waals surface area contributed by atoms with Crippen LogP contribution in [-0.2, 0) is 0 Å². The molecule has 2 rings (SSSR count). The number of nitrogens with zero attached hydrogens (tertiary/aromatic N) is 2. The molecule has 2 aromatic rings. The van der Waals surface area contributed by atoms with Crippen LogP contribution in [-0.4, -0.2) is 9.97 Å². The van der Waals surface area contributed by atoms with Crippen molar-refractivity contribution in [2.45, 2.75) is 0 Å². The SMILES string of the molecule is Fc1cc(-c2ncncc2Cl)cc(F)c1F. The van der Waals surface area contributed by atoms with Crippen LogP contribution in [0.1, 0.15) is 0 Å². The molecule has 16 heavy (non-hydrogen) atoms. The first-order chi connectivity index (χ1) is 7.59. The highest BCUT2D eigenvalue weighted by Crippen LogP contribution is 2.26. The second-order valence-corrected chi connectivity index (χ2v) is 3.38. The molecule has 6 heteroatoms. The molecule has 1 heterocycles. The molecule has 0 N–H and O–H groups in total. The van der Waals surface area contributed by atoms with Crippen LogP contribution in [0.4, 0.5) is 13.2 Å². The van der Waals surface area contributed by atoms with Gasteiger partial charge < -0.3 is 0 Å². The summed E-state index contributed by atoms with van der Waals surface area (Å²) in [5.41, 5.74) is 0.207. The molecule has 0 aliphatic rings. The topological polar surface area (TPSA) is 25.8 Å². The van der Waals surface area contributed by atoms with E-state index >= 15 is 0 Å². The highest BCUT2D eigenvalue weighted by atomic mass is 35.5. The number of benzene rings is 1. The summed E-state index contributed by atoms with van der Waals surface area (Å²) in [6.07, 6.45) is 2.46. The summed E-state index contributed by atoms with van der Waals surface area (Å²) in [6, 6.07) is 1.65. The van der Waals surface area contributed by atoms with E-state index in [1.807, 2.05) is 0 Å². The zero-order valence-electron chi connectivity index (χ0n) is 7.72. The largest absolute Gasteiger partial charge is 0.243 e. The maximum Gasteiger partial charge on any atom is 0.194 e. The van der Waals surface area contributed by atoms with Gasteiger partial charge in [0.15, 0.2) is 17.5 Å². The maximum atomic E-state index is 13.0. The number of halogens is 4. The average Bonchev–Trinajstić information content (AvgIpc) is 2.26. The summed E-state index contributed by atoms with van der Waals surface area (Å²) < 4.78 is 38.6.